The van der Waals surface area contributed by atoms with Crippen molar-refractivity contribution in [1.29, 1.82) is 5.26 Å². The molecule has 124 valence electrons. The molecule has 0 radical (unpaired) electrons. The van der Waals surface area contributed by atoms with E-state index in [4.69, 9.17) is 0 Å². The molecule has 0 bridgehead atoms. The number of rotatable bonds is 5. The van der Waals surface area contributed by atoms with Crippen LogP contribution in [0.4, 0.5) is 0 Å². The van der Waals surface area contributed by atoms with E-state index < -0.39 is 0 Å². The van der Waals surface area contributed by atoms with Gasteiger partial charge in [0.15, 0.2) is 0 Å². The highest BCUT2D eigenvalue weighted by Crippen LogP contribution is 2.29. The summed E-state index contributed by atoms with van der Waals surface area (Å²) < 4.78 is 0. The summed E-state index contributed by atoms with van der Waals surface area (Å²) in [5.74, 6) is 0.153. The van der Waals surface area contributed by atoms with Crippen molar-refractivity contribution in [3.8, 4) is 6.07 Å². The maximum absolute atomic E-state index is 9.69. The van der Waals surface area contributed by atoms with Crippen molar-refractivity contribution in [3.05, 3.63) is 71.8 Å². The van der Waals surface area contributed by atoms with Gasteiger partial charge in [-0.05, 0) is 24.0 Å². The van der Waals surface area contributed by atoms with Crippen LogP contribution in [-0.2, 0) is 13.1 Å². The number of nitriles is 1. The number of hydrogen-bond acceptors (Lipinski definition) is 2. The predicted molar refractivity (Wildman–Crippen MR) is 98.1 cm³/mol. The Labute approximate surface area is 145 Å². The van der Waals surface area contributed by atoms with E-state index in [9.17, 15) is 5.26 Å². The summed E-state index contributed by atoms with van der Waals surface area (Å²) in [4.78, 5) is 2.53. The van der Waals surface area contributed by atoms with Gasteiger partial charge in [-0.2, -0.15) is 5.26 Å². The summed E-state index contributed by atoms with van der Waals surface area (Å²) in [5, 5.41) is 9.69. The zero-order valence-electron chi connectivity index (χ0n) is 14.3. The van der Waals surface area contributed by atoms with E-state index in [2.05, 4.69) is 71.6 Å². The molecule has 0 aromatic heterocycles. The summed E-state index contributed by atoms with van der Waals surface area (Å²) in [7, 11) is 0. The van der Waals surface area contributed by atoms with Gasteiger partial charge in [0.2, 0.25) is 0 Å². The predicted octanol–water partition coefficient (Wildman–Crippen LogP) is 5.16. The average Bonchev–Trinajstić information content (AvgIpc) is 2.88. The molecule has 0 saturated heterocycles. The van der Waals surface area contributed by atoms with Crippen LogP contribution in [0.15, 0.2) is 60.7 Å². The highest BCUT2D eigenvalue weighted by atomic mass is 15.2. The van der Waals surface area contributed by atoms with E-state index >= 15 is 0 Å². The Morgan fingerprint density at radius 1 is 0.792 bits per heavy atom. The summed E-state index contributed by atoms with van der Waals surface area (Å²) >= 11 is 0. The Hall–Kier alpha value is -2.11. The van der Waals surface area contributed by atoms with E-state index in [1.54, 1.807) is 0 Å². The molecular formula is C22H26N2. The third kappa shape index (κ3) is 4.46. The van der Waals surface area contributed by atoms with Gasteiger partial charge in [0.1, 0.15) is 0 Å². The lowest BCUT2D eigenvalue weighted by Gasteiger charge is -2.34. The first-order valence-corrected chi connectivity index (χ1v) is 9.08. The lowest BCUT2D eigenvalue weighted by molar-refractivity contribution is 0.137. The van der Waals surface area contributed by atoms with Crippen molar-refractivity contribution in [2.24, 2.45) is 5.92 Å². The molecule has 2 unspecified atom stereocenters. The standard InChI is InChI=1S/C22H26N2/c23-16-21-14-8-3-9-15-22(21)24(17-19-10-4-1-5-11-19)18-20-12-6-2-7-13-20/h1-2,4-7,10-13,21-22H,3,8-9,14-15,17-18H2. The average molecular weight is 318 g/mol. The molecule has 1 saturated carbocycles. The molecule has 1 aliphatic rings. The SMILES string of the molecule is N#CC1CCCCCC1N(Cc1ccccc1)Cc1ccccc1. The fourth-order valence-electron chi connectivity index (χ4n) is 3.80. The van der Waals surface area contributed by atoms with Gasteiger partial charge in [-0.3, -0.25) is 4.90 Å². The van der Waals surface area contributed by atoms with Crippen LogP contribution in [0.25, 0.3) is 0 Å². The van der Waals surface area contributed by atoms with Gasteiger partial charge >= 0.3 is 0 Å². The van der Waals surface area contributed by atoms with Crippen molar-refractivity contribution < 1.29 is 0 Å². The van der Waals surface area contributed by atoms with Crippen LogP contribution < -0.4 is 0 Å². The number of hydrogen-bond donors (Lipinski definition) is 0. The summed E-state index contributed by atoms with van der Waals surface area (Å²) in [6, 6.07) is 24.3. The Morgan fingerprint density at radius 3 is 1.88 bits per heavy atom. The van der Waals surface area contributed by atoms with E-state index in [0.717, 1.165) is 25.9 Å². The monoisotopic (exact) mass is 318 g/mol. The molecule has 0 spiro atoms. The quantitative estimate of drug-likeness (QED) is 0.712. The van der Waals surface area contributed by atoms with Gasteiger partial charge in [-0.25, -0.2) is 0 Å². The van der Waals surface area contributed by atoms with E-state index in [0.29, 0.717) is 6.04 Å². The Balaban J connectivity index is 1.83. The van der Waals surface area contributed by atoms with Gasteiger partial charge in [0, 0.05) is 19.1 Å². The molecule has 1 aliphatic carbocycles. The maximum Gasteiger partial charge on any atom is 0.0672 e. The lowest BCUT2D eigenvalue weighted by atomic mass is 9.93. The molecule has 0 heterocycles. The second-order valence-electron chi connectivity index (χ2n) is 6.82. The second kappa shape index (κ2) is 8.66. The third-order valence-electron chi connectivity index (χ3n) is 5.07. The van der Waals surface area contributed by atoms with Crippen LogP contribution in [0.1, 0.15) is 43.2 Å². The molecule has 3 rings (SSSR count). The van der Waals surface area contributed by atoms with Crippen molar-refractivity contribution in [2.45, 2.75) is 51.2 Å². The van der Waals surface area contributed by atoms with Gasteiger partial charge < -0.3 is 0 Å². The fraction of sp³-hybridized carbons (Fsp3) is 0.409. The highest BCUT2D eigenvalue weighted by molar-refractivity contribution is 5.18. The molecule has 2 nitrogen and oxygen atoms in total. The normalized spacial score (nSPS) is 21.2. The first kappa shape index (κ1) is 16.7. The highest BCUT2D eigenvalue weighted by Gasteiger charge is 2.29. The van der Waals surface area contributed by atoms with E-state index in [1.165, 1.54) is 30.4 Å². The second-order valence-corrected chi connectivity index (χ2v) is 6.82. The molecule has 2 atom stereocenters. The molecule has 2 aromatic carbocycles. The molecule has 0 aliphatic heterocycles. The molecule has 0 amide bonds. The third-order valence-corrected chi connectivity index (χ3v) is 5.07. The minimum Gasteiger partial charge on any atom is -0.291 e. The minimum atomic E-state index is 0.153. The van der Waals surface area contributed by atoms with Gasteiger partial charge in [-0.1, -0.05) is 79.9 Å². The molecule has 1 fully saturated rings. The van der Waals surface area contributed by atoms with Crippen LogP contribution in [0, 0.1) is 17.2 Å². The van der Waals surface area contributed by atoms with Crippen molar-refractivity contribution in [3.63, 3.8) is 0 Å². The fourth-order valence-corrected chi connectivity index (χ4v) is 3.80. The Morgan fingerprint density at radius 2 is 1.33 bits per heavy atom. The first-order valence-electron chi connectivity index (χ1n) is 9.08. The largest absolute Gasteiger partial charge is 0.291 e. The lowest BCUT2D eigenvalue weighted by Crippen LogP contribution is -2.39. The van der Waals surface area contributed by atoms with Crippen LogP contribution in [0.3, 0.4) is 0 Å². The van der Waals surface area contributed by atoms with Gasteiger partial charge in [0.25, 0.3) is 0 Å². The summed E-state index contributed by atoms with van der Waals surface area (Å²) in [6.45, 7) is 1.83. The van der Waals surface area contributed by atoms with Gasteiger partial charge in [-0.15, -0.1) is 0 Å². The number of nitrogens with zero attached hydrogens (tertiary/aromatic N) is 2. The van der Waals surface area contributed by atoms with Crippen molar-refractivity contribution in [2.75, 3.05) is 0 Å². The van der Waals surface area contributed by atoms with Crippen LogP contribution >= 0.6 is 0 Å². The molecular weight excluding hydrogens is 292 g/mol. The first-order chi connectivity index (χ1) is 11.9. The smallest absolute Gasteiger partial charge is 0.0672 e. The minimum absolute atomic E-state index is 0.153. The van der Waals surface area contributed by atoms with Crippen molar-refractivity contribution >= 4 is 0 Å². The topological polar surface area (TPSA) is 27.0 Å². The Kier molecular flexibility index (Phi) is 6.04. The van der Waals surface area contributed by atoms with E-state index in [-0.39, 0.29) is 5.92 Å². The molecule has 0 N–H and O–H groups in total. The molecule has 2 heteroatoms. The zero-order chi connectivity index (χ0) is 16.6. The van der Waals surface area contributed by atoms with Crippen LogP contribution in [-0.4, -0.2) is 10.9 Å². The van der Waals surface area contributed by atoms with Crippen molar-refractivity contribution in [1.82, 2.24) is 4.90 Å². The number of benzene rings is 2. The van der Waals surface area contributed by atoms with Gasteiger partial charge in [0.05, 0.1) is 12.0 Å². The van der Waals surface area contributed by atoms with E-state index in [1.807, 2.05) is 0 Å². The zero-order valence-corrected chi connectivity index (χ0v) is 14.3. The Bertz CT molecular complexity index is 603. The summed E-state index contributed by atoms with van der Waals surface area (Å²) in [5.41, 5.74) is 2.66. The van der Waals surface area contributed by atoms with Crippen LogP contribution in [0.5, 0.6) is 0 Å². The van der Waals surface area contributed by atoms with Crippen LogP contribution in [0.2, 0.25) is 0 Å². The maximum atomic E-state index is 9.69. The summed E-state index contributed by atoms with van der Waals surface area (Å²) in [6.07, 6.45) is 5.88. The molecule has 24 heavy (non-hydrogen) atoms. The molecule has 2 aromatic rings.